The number of hydrogen-bond acceptors (Lipinski definition) is 3. The van der Waals surface area contributed by atoms with Crippen LogP contribution < -0.4 is 0 Å². The van der Waals surface area contributed by atoms with Crippen LogP contribution in [-0.2, 0) is 5.41 Å². The molecule has 1 aromatic heterocycles. The molecule has 63 heavy (non-hydrogen) atoms. The summed E-state index contributed by atoms with van der Waals surface area (Å²) in [6, 6.07) is 81.1. The molecule has 0 unspecified atom stereocenters. The lowest BCUT2D eigenvalue weighted by Crippen LogP contribution is -2.26. The predicted octanol–water partition coefficient (Wildman–Crippen LogP) is 14.9. The normalized spacial score (nSPS) is 12.9. The minimum atomic E-state index is -0.437. The first-order valence-corrected chi connectivity index (χ1v) is 21.6. The average Bonchev–Trinajstić information content (AvgIpc) is 3.83. The molecule has 0 bridgehead atoms. The smallest absolute Gasteiger partial charge is 0.164 e. The molecule has 0 saturated carbocycles. The lowest BCUT2D eigenvalue weighted by atomic mass is 9.68. The van der Waals surface area contributed by atoms with Crippen LogP contribution in [0.3, 0.4) is 0 Å². The summed E-state index contributed by atoms with van der Waals surface area (Å²) in [7, 11) is 0. The fourth-order valence-corrected chi connectivity index (χ4v) is 10.7. The molecule has 3 heteroatoms. The summed E-state index contributed by atoms with van der Waals surface area (Å²) < 4.78 is 0. The van der Waals surface area contributed by atoms with Gasteiger partial charge in [0.05, 0.1) is 5.41 Å². The highest BCUT2D eigenvalue weighted by atomic mass is 15.0. The Kier molecular flexibility index (Phi) is 7.82. The molecule has 1 heterocycles. The molecule has 0 atom stereocenters. The summed E-state index contributed by atoms with van der Waals surface area (Å²) in [5.74, 6) is 1.93. The van der Waals surface area contributed by atoms with E-state index in [2.05, 4.69) is 224 Å². The van der Waals surface area contributed by atoms with E-state index in [1.807, 2.05) is 0 Å². The largest absolute Gasteiger partial charge is 0.208 e. The molecule has 0 fully saturated rings. The van der Waals surface area contributed by atoms with Crippen molar-refractivity contribution in [3.8, 4) is 78.7 Å². The zero-order valence-corrected chi connectivity index (χ0v) is 34.2. The molecular formula is C60H37N3. The van der Waals surface area contributed by atoms with Gasteiger partial charge in [-0.05, 0) is 100 Å². The van der Waals surface area contributed by atoms with E-state index in [-0.39, 0.29) is 0 Å². The highest BCUT2D eigenvalue weighted by Gasteiger charge is 2.52. The minimum absolute atomic E-state index is 0.437. The highest BCUT2D eigenvalue weighted by molar-refractivity contribution is 6.00. The number of fused-ring (bicyclic) bond motifs is 12. The Morgan fingerprint density at radius 1 is 0.254 bits per heavy atom. The van der Waals surface area contributed by atoms with Gasteiger partial charge in [0, 0.05) is 16.7 Å². The molecule has 292 valence electrons. The Morgan fingerprint density at radius 2 is 0.619 bits per heavy atom. The van der Waals surface area contributed by atoms with Crippen molar-refractivity contribution in [1.82, 2.24) is 15.0 Å². The van der Waals surface area contributed by atoms with Crippen LogP contribution in [0.4, 0.5) is 0 Å². The molecule has 10 aromatic carbocycles. The van der Waals surface area contributed by atoms with Crippen LogP contribution in [0.5, 0.6) is 0 Å². The maximum Gasteiger partial charge on any atom is 0.164 e. The van der Waals surface area contributed by atoms with Crippen molar-refractivity contribution in [3.63, 3.8) is 0 Å². The van der Waals surface area contributed by atoms with Gasteiger partial charge < -0.3 is 0 Å². The van der Waals surface area contributed by atoms with E-state index in [1.54, 1.807) is 0 Å². The van der Waals surface area contributed by atoms with Crippen molar-refractivity contribution in [2.45, 2.75) is 5.41 Å². The van der Waals surface area contributed by atoms with Crippen molar-refractivity contribution in [2.24, 2.45) is 0 Å². The van der Waals surface area contributed by atoms with Crippen LogP contribution >= 0.6 is 0 Å². The van der Waals surface area contributed by atoms with Crippen LogP contribution in [0.2, 0.25) is 0 Å². The lowest BCUT2D eigenvalue weighted by Gasteiger charge is -2.32. The molecule has 3 nitrogen and oxygen atoms in total. The Hall–Kier alpha value is -8.27. The lowest BCUT2D eigenvalue weighted by molar-refractivity contribution is 0.796. The molecule has 0 amide bonds. The van der Waals surface area contributed by atoms with Gasteiger partial charge in [0.25, 0.3) is 0 Å². The van der Waals surface area contributed by atoms with Crippen molar-refractivity contribution in [3.05, 3.63) is 247 Å². The van der Waals surface area contributed by atoms with Crippen LogP contribution in [0, 0.1) is 0 Å². The van der Waals surface area contributed by atoms with Crippen molar-refractivity contribution in [1.29, 1.82) is 0 Å². The minimum Gasteiger partial charge on any atom is -0.208 e. The highest BCUT2D eigenvalue weighted by Crippen LogP contribution is 2.64. The Morgan fingerprint density at radius 3 is 1.21 bits per heavy atom. The van der Waals surface area contributed by atoms with Gasteiger partial charge in [0.2, 0.25) is 0 Å². The summed E-state index contributed by atoms with van der Waals surface area (Å²) in [5, 5.41) is 4.50. The Labute approximate surface area is 365 Å². The van der Waals surface area contributed by atoms with Gasteiger partial charge in [-0.3, -0.25) is 0 Å². The average molecular weight is 800 g/mol. The summed E-state index contributed by atoms with van der Waals surface area (Å²) in [4.78, 5) is 15.7. The van der Waals surface area contributed by atoms with E-state index in [4.69, 9.17) is 15.0 Å². The van der Waals surface area contributed by atoms with Gasteiger partial charge in [-0.1, -0.05) is 212 Å². The van der Waals surface area contributed by atoms with E-state index >= 15 is 0 Å². The van der Waals surface area contributed by atoms with E-state index < -0.39 is 5.41 Å². The fourth-order valence-electron chi connectivity index (χ4n) is 10.7. The molecular weight excluding hydrogens is 763 g/mol. The third-order valence-electron chi connectivity index (χ3n) is 13.3. The van der Waals surface area contributed by atoms with Gasteiger partial charge in [0.15, 0.2) is 17.5 Å². The molecule has 13 rings (SSSR count). The Bertz CT molecular complexity index is 3490. The zero-order valence-electron chi connectivity index (χ0n) is 34.2. The van der Waals surface area contributed by atoms with Gasteiger partial charge in [-0.15, -0.1) is 0 Å². The van der Waals surface area contributed by atoms with Gasteiger partial charge >= 0.3 is 0 Å². The number of aromatic nitrogens is 3. The third kappa shape index (κ3) is 5.30. The van der Waals surface area contributed by atoms with E-state index in [0.717, 1.165) is 49.4 Å². The first kappa shape index (κ1) is 35.5. The molecule has 11 aromatic rings. The first-order chi connectivity index (χ1) is 31.2. The molecule has 0 saturated heterocycles. The molecule has 0 aliphatic heterocycles. The van der Waals surface area contributed by atoms with E-state index in [1.165, 1.54) is 55.6 Å². The van der Waals surface area contributed by atoms with E-state index in [0.29, 0.717) is 17.5 Å². The first-order valence-electron chi connectivity index (χ1n) is 21.6. The van der Waals surface area contributed by atoms with Crippen LogP contribution in [0.25, 0.3) is 100 Å². The monoisotopic (exact) mass is 799 g/mol. The number of rotatable bonds is 5. The second kappa shape index (κ2) is 13.9. The topological polar surface area (TPSA) is 38.7 Å². The second-order valence-electron chi connectivity index (χ2n) is 16.6. The van der Waals surface area contributed by atoms with Crippen molar-refractivity contribution in [2.75, 3.05) is 0 Å². The molecule has 0 N–H and O–H groups in total. The van der Waals surface area contributed by atoms with Gasteiger partial charge in [0.1, 0.15) is 0 Å². The maximum absolute atomic E-state index is 5.24. The number of hydrogen-bond donors (Lipinski definition) is 0. The molecule has 2 aliphatic carbocycles. The zero-order chi connectivity index (χ0) is 41.5. The number of nitrogens with zero attached hydrogens (tertiary/aromatic N) is 3. The summed E-state index contributed by atoms with van der Waals surface area (Å²) in [6.45, 7) is 0. The standard InChI is InChI=1S/C60H37N3/c1-3-24-44-38(16-1)18-13-31-51(44)58-61-57(62-59(63-58)52-32-14-19-39-17-2-4-25-45(39)52)43-23-12-21-41(37-43)40-20-11-22-42(36-40)46-29-15-30-50-49-28-7-10-35-55(49)60(56(46)50)53-33-8-5-26-47(53)48-27-6-9-34-54(48)60/h1-37H. The van der Waals surface area contributed by atoms with Gasteiger partial charge in [-0.2, -0.15) is 0 Å². The van der Waals surface area contributed by atoms with Crippen molar-refractivity contribution >= 4 is 21.5 Å². The molecule has 2 aliphatic rings. The third-order valence-corrected chi connectivity index (χ3v) is 13.3. The molecule has 1 spiro atoms. The SMILES string of the molecule is c1cc(-c2cccc(-c3cccc4c3C3(c5ccccc5-c5ccccc53)c3ccccc3-4)c2)cc(-c2nc(-c3cccc4ccccc34)nc(-c3cccc4ccccc34)n2)c1. The summed E-state index contributed by atoms with van der Waals surface area (Å²) in [6.07, 6.45) is 0. The Balaban J connectivity index is 0.974. The second-order valence-corrected chi connectivity index (χ2v) is 16.6. The predicted molar refractivity (Wildman–Crippen MR) is 258 cm³/mol. The molecule has 0 radical (unpaired) electrons. The van der Waals surface area contributed by atoms with E-state index in [9.17, 15) is 0 Å². The fraction of sp³-hybridized carbons (Fsp3) is 0.0167. The van der Waals surface area contributed by atoms with Crippen LogP contribution in [0.15, 0.2) is 224 Å². The van der Waals surface area contributed by atoms with Gasteiger partial charge in [-0.25, -0.2) is 15.0 Å². The summed E-state index contributed by atoms with van der Waals surface area (Å²) in [5.41, 5.74) is 17.7. The maximum atomic E-state index is 5.24. The van der Waals surface area contributed by atoms with Crippen LogP contribution in [-0.4, -0.2) is 15.0 Å². The van der Waals surface area contributed by atoms with Crippen molar-refractivity contribution < 1.29 is 0 Å². The summed E-state index contributed by atoms with van der Waals surface area (Å²) >= 11 is 0. The quantitative estimate of drug-likeness (QED) is 0.174. The van der Waals surface area contributed by atoms with Crippen LogP contribution in [0.1, 0.15) is 22.3 Å². The number of benzene rings is 10.